The average Bonchev–Trinajstić information content (AvgIpc) is 2.86. The van der Waals surface area contributed by atoms with Gasteiger partial charge in [-0.2, -0.15) is 8.42 Å². The molecular formula is C25H18Cl2N2O7S. The third-order valence-corrected chi connectivity index (χ3v) is 7.30. The first kappa shape index (κ1) is 26.2. The second-order valence-electron chi connectivity index (χ2n) is 7.73. The van der Waals surface area contributed by atoms with Crippen molar-refractivity contribution in [2.24, 2.45) is 0 Å². The zero-order valence-electron chi connectivity index (χ0n) is 19.3. The summed E-state index contributed by atoms with van der Waals surface area (Å²) in [5.74, 6) is -2.16. The molecule has 1 N–H and O–H groups in total. The van der Waals surface area contributed by atoms with Gasteiger partial charge < -0.3 is 8.92 Å². The summed E-state index contributed by atoms with van der Waals surface area (Å²) in [6, 6.07) is 13.8. The van der Waals surface area contributed by atoms with Gasteiger partial charge in [0, 0.05) is 5.02 Å². The molecule has 4 amide bonds. The Kier molecular flexibility index (Phi) is 7.26. The number of benzene rings is 3. The van der Waals surface area contributed by atoms with Crippen LogP contribution in [-0.4, -0.2) is 33.4 Å². The molecule has 3 aromatic carbocycles. The average molecular weight is 561 g/mol. The normalized spacial score (nSPS) is 15.1. The summed E-state index contributed by atoms with van der Waals surface area (Å²) >= 11 is 12.5. The van der Waals surface area contributed by atoms with Gasteiger partial charge in [-0.15, -0.1) is 0 Å². The van der Waals surface area contributed by atoms with Gasteiger partial charge in [-0.25, -0.2) is 9.69 Å². The molecule has 37 heavy (non-hydrogen) atoms. The molecule has 0 atom stereocenters. The van der Waals surface area contributed by atoms with E-state index in [4.69, 9.17) is 32.1 Å². The van der Waals surface area contributed by atoms with Crippen LogP contribution in [-0.2, 0) is 19.7 Å². The van der Waals surface area contributed by atoms with Crippen LogP contribution in [0.2, 0.25) is 10.0 Å². The van der Waals surface area contributed by atoms with Crippen LogP contribution in [0.3, 0.4) is 0 Å². The Labute approximate surface area is 222 Å². The van der Waals surface area contributed by atoms with Crippen LogP contribution in [0.25, 0.3) is 6.08 Å². The number of hydrogen-bond acceptors (Lipinski definition) is 7. The summed E-state index contributed by atoms with van der Waals surface area (Å²) in [6.45, 7) is 1.63. The lowest BCUT2D eigenvalue weighted by molar-refractivity contribution is -0.122. The molecule has 1 aliphatic heterocycles. The fourth-order valence-electron chi connectivity index (χ4n) is 3.53. The van der Waals surface area contributed by atoms with Crippen LogP contribution >= 0.6 is 23.2 Å². The molecule has 0 bridgehead atoms. The van der Waals surface area contributed by atoms with E-state index < -0.39 is 28.0 Å². The highest BCUT2D eigenvalue weighted by Crippen LogP contribution is 2.39. The number of imide groups is 2. The molecule has 12 heteroatoms. The van der Waals surface area contributed by atoms with Gasteiger partial charge in [0.05, 0.1) is 17.8 Å². The predicted octanol–water partition coefficient (Wildman–Crippen LogP) is 4.74. The predicted molar refractivity (Wildman–Crippen MR) is 137 cm³/mol. The fourth-order valence-corrected chi connectivity index (χ4v) is 4.98. The van der Waals surface area contributed by atoms with E-state index in [9.17, 15) is 22.8 Å². The molecule has 0 aromatic heterocycles. The summed E-state index contributed by atoms with van der Waals surface area (Å²) in [4.78, 5) is 39.0. The standard InChI is InChI=1S/C25H18Cl2N2O7S/c1-14-18(26)9-6-10-20(14)29-24(31)17(23(30)28-25(29)32)11-15-12-19(27)22(21(13-15)35-2)36-37(33,34)16-7-4-3-5-8-16/h3-13H,1-2H3,(H,28,30,32)/b17-11+. The molecule has 0 unspecified atom stereocenters. The van der Waals surface area contributed by atoms with E-state index in [2.05, 4.69) is 5.32 Å². The van der Waals surface area contributed by atoms with Gasteiger partial charge in [-0.1, -0.05) is 47.5 Å². The van der Waals surface area contributed by atoms with Gasteiger partial charge in [-0.05, 0) is 60.5 Å². The number of urea groups is 1. The molecule has 0 spiro atoms. The van der Waals surface area contributed by atoms with Crippen molar-refractivity contribution < 1.29 is 31.7 Å². The zero-order valence-corrected chi connectivity index (χ0v) is 21.6. The first-order valence-electron chi connectivity index (χ1n) is 10.6. The number of rotatable bonds is 6. The third-order valence-electron chi connectivity index (χ3n) is 5.37. The van der Waals surface area contributed by atoms with E-state index in [1.165, 1.54) is 55.7 Å². The zero-order chi connectivity index (χ0) is 26.9. The van der Waals surface area contributed by atoms with Crippen LogP contribution < -0.4 is 19.1 Å². The summed E-state index contributed by atoms with van der Waals surface area (Å²) < 4.78 is 35.8. The molecule has 1 saturated heterocycles. The maximum atomic E-state index is 13.2. The lowest BCUT2D eigenvalue weighted by atomic mass is 10.1. The Morgan fingerprint density at radius 2 is 1.65 bits per heavy atom. The van der Waals surface area contributed by atoms with Crippen LogP contribution in [0.15, 0.2) is 71.1 Å². The molecule has 9 nitrogen and oxygen atoms in total. The highest BCUT2D eigenvalue weighted by Gasteiger charge is 2.37. The van der Waals surface area contributed by atoms with Crippen molar-refractivity contribution in [3.8, 4) is 11.5 Å². The van der Waals surface area contributed by atoms with Gasteiger partial charge >= 0.3 is 16.1 Å². The van der Waals surface area contributed by atoms with Crippen molar-refractivity contribution in [2.75, 3.05) is 12.0 Å². The molecule has 0 radical (unpaired) electrons. The van der Waals surface area contributed by atoms with E-state index in [0.717, 1.165) is 4.90 Å². The lowest BCUT2D eigenvalue weighted by Gasteiger charge is -2.27. The molecule has 190 valence electrons. The maximum Gasteiger partial charge on any atom is 0.339 e. The van der Waals surface area contributed by atoms with Gasteiger partial charge in [0.1, 0.15) is 10.5 Å². The summed E-state index contributed by atoms with van der Waals surface area (Å²) in [6.07, 6.45) is 1.20. The highest BCUT2D eigenvalue weighted by molar-refractivity contribution is 7.87. The first-order valence-corrected chi connectivity index (χ1v) is 12.7. The second kappa shape index (κ2) is 10.3. The van der Waals surface area contributed by atoms with Crippen molar-refractivity contribution in [3.63, 3.8) is 0 Å². The highest BCUT2D eigenvalue weighted by atomic mass is 35.5. The number of ether oxygens (including phenoxy) is 1. The smallest absolute Gasteiger partial charge is 0.339 e. The number of hydrogen-bond donors (Lipinski definition) is 1. The summed E-state index contributed by atoms with van der Waals surface area (Å²) in [7, 11) is -2.96. The van der Waals surface area contributed by atoms with E-state index >= 15 is 0 Å². The number of methoxy groups -OCH3 is 1. The Balaban J connectivity index is 1.73. The molecule has 4 rings (SSSR count). The number of halogens is 2. The first-order chi connectivity index (χ1) is 17.5. The van der Waals surface area contributed by atoms with E-state index in [0.29, 0.717) is 10.6 Å². The fraction of sp³-hybridized carbons (Fsp3) is 0.0800. The minimum atomic E-state index is -4.23. The second-order valence-corrected chi connectivity index (χ2v) is 10.1. The number of barbiturate groups is 1. The number of carbonyl (C=O) groups is 3. The summed E-state index contributed by atoms with van der Waals surface area (Å²) in [5.41, 5.74) is 0.510. The van der Waals surface area contributed by atoms with E-state index in [1.54, 1.807) is 25.1 Å². The Morgan fingerprint density at radius 1 is 0.946 bits per heavy atom. The monoisotopic (exact) mass is 560 g/mol. The maximum absolute atomic E-state index is 13.2. The van der Waals surface area contributed by atoms with Gasteiger partial charge in [0.25, 0.3) is 11.8 Å². The number of amides is 4. The van der Waals surface area contributed by atoms with Crippen LogP contribution in [0, 0.1) is 6.92 Å². The van der Waals surface area contributed by atoms with Gasteiger partial charge in [0.2, 0.25) is 5.75 Å². The molecule has 1 fully saturated rings. The van der Waals surface area contributed by atoms with Crippen molar-refractivity contribution in [1.82, 2.24) is 5.32 Å². The minimum absolute atomic E-state index is 0.0684. The molecule has 1 heterocycles. The Hall–Kier alpha value is -3.86. The number of carbonyl (C=O) groups excluding carboxylic acids is 3. The number of anilines is 1. The topological polar surface area (TPSA) is 119 Å². The molecule has 3 aromatic rings. The Morgan fingerprint density at radius 3 is 2.32 bits per heavy atom. The molecule has 0 saturated carbocycles. The van der Waals surface area contributed by atoms with Crippen LogP contribution in [0.4, 0.5) is 10.5 Å². The number of nitrogens with zero attached hydrogens (tertiary/aromatic N) is 1. The van der Waals surface area contributed by atoms with Crippen molar-refractivity contribution in [1.29, 1.82) is 0 Å². The largest absolute Gasteiger partial charge is 0.493 e. The minimum Gasteiger partial charge on any atom is -0.493 e. The van der Waals surface area contributed by atoms with E-state index in [-0.39, 0.29) is 38.2 Å². The van der Waals surface area contributed by atoms with E-state index in [1.807, 2.05) is 0 Å². The van der Waals surface area contributed by atoms with Crippen molar-refractivity contribution in [2.45, 2.75) is 11.8 Å². The van der Waals surface area contributed by atoms with Crippen molar-refractivity contribution in [3.05, 3.63) is 87.4 Å². The third kappa shape index (κ3) is 5.17. The van der Waals surface area contributed by atoms with Crippen LogP contribution in [0.5, 0.6) is 11.5 Å². The number of nitrogens with one attached hydrogen (secondary N) is 1. The quantitative estimate of drug-likeness (QED) is 0.262. The SMILES string of the molecule is COc1cc(/C=C2\C(=O)NC(=O)N(c3cccc(Cl)c3C)C2=O)cc(Cl)c1OS(=O)(=O)c1ccccc1. The lowest BCUT2D eigenvalue weighted by Crippen LogP contribution is -2.54. The van der Waals surface area contributed by atoms with Gasteiger partial charge in [0.15, 0.2) is 5.75 Å². The van der Waals surface area contributed by atoms with Crippen LogP contribution in [0.1, 0.15) is 11.1 Å². The molecule has 0 aliphatic carbocycles. The molecule has 1 aliphatic rings. The molecular weight excluding hydrogens is 543 g/mol. The van der Waals surface area contributed by atoms with Crippen molar-refractivity contribution >= 4 is 62.9 Å². The summed E-state index contributed by atoms with van der Waals surface area (Å²) in [5, 5.41) is 2.30. The Bertz CT molecular complexity index is 1570. The van der Waals surface area contributed by atoms with Gasteiger partial charge in [-0.3, -0.25) is 14.9 Å².